The first kappa shape index (κ1) is 20.4. The van der Waals surface area contributed by atoms with Crippen molar-refractivity contribution >= 4 is 21.6 Å². The monoisotopic (exact) mass is 401 g/mol. The van der Waals surface area contributed by atoms with Gasteiger partial charge in [0.2, 0.25) is 10.0 Å². The number of aryl methyl sites for hydroxylation is 1. The van der Waals surface area contributed by atoms with Crippen LogP contribution < -0.4 is 10.2 Å². The van der Waals surface area contributed by atoms with Crippen molar-refractivity contribution in [2.45, 2.75) is 13.3 Å². The third kappa shape index (κ3) is 5.11. The third-order valence-corrected chi connectivity index (χ3v) is 6.96. The quantitative estimate of drug-likeness (QED) is 0.723. The highest BCUT2D eigenvalue weighted by atomic mass is 32.2. The van der Waals surface area contributed by atoms with Crippen molar-refractivity contribution in [1.82, 2.24) is 9.62 Å². The fraction of sp³-hybridized carbons (Fsp3) is 0.381. The number of benzene rings is 2. The Labute approximate surface area is 167 Å². The zero-order chi connectivity index (χ0) is 20.0. The summed E-state index contributed by atoms with van der Waals surface area (Å²) in [6.07, 6.45) is 0.402. The molecule has 3 rings (SSSR count). The number of sulfonamides is 1. The molecular weight excluding hydrogens is 374 g/mol. The van der Waals surface area contributed by atoms with Crippen LogP contribution in [0.4, 0.5) is 5.69 Å². The van der Waals surface area contributed by atoms with E-state index in [0.717, 1.165) is 11.3 Å². The van der Waals surface area contributed by atoms with Gasteiger partial charge in [0.15, 0.2) is 0 Å². The topological polar surface area (TPSA) is 69.7 Å². The van der Waals surface area contributed by atoms with Crippen molar-refractivity contribution in [2.24, 2.45) is 0 Å². The molecule has 2 aromatic rings. The molecule has 7 heteroatoms. The highest BCUT2D eigenvalue weighted by Crippen LogP contribution is 2.17. The first-order valence-corrected chi connectivity index (χ1v) is 11.2. The highest BCUT2D eigenvalue weighted by molar-refractivity contribution is 7.89. The van der Waals surface area contributed by atoms with E-state index in [9.17, 15) is 13.2 Å². The Morgan fingerprint density at radius 3 is 2.29 bits per heavy atom. The van der Waals surface area contributed by atoms with Crippen molar-refractivity contribution in [1.29, 1.82) is 0 Å². The average molecular weight is 402 g/mol. The molecule has 1 fully saturated rings. The molecule has 0 radical (unpaired) electrons. The Morgan fingerprint density at radius 2 is 1.61 bits per heavy atom. The lowest BCUT2D eigenvalue weighted by atomic mass is 10.1. The predicted molar refractivity (Wildman–Crippen MR) is 112 cm³/mol. The molecule has 1 heterocycles. The molecule has 1 amide bonds. The van der Waals surface area contributed by atoms with Crippen LogP contribution in [0.2, 0.25) is 0 Å². The number of rotatable bonds is 7. The van der Waals surface area contributed by atoms with Gasteiger partial charge in [-0.1, -0.05) is 36.4 Å². The van der Waals surface area contributed by atoms with Gasteiger partial charge in [0, 0.05) is 44.0 Å². The predicted octanol–water partition coefficient (Wildman–Crippen LogP) is 2.27. The van der Waals surface area contributed by atoms with Crippen LogP contribution in [0.25, 0.3) is 0 Å². The molecule has 0 aromatic heterocycles. The van der Waals surface area contributed by atoms with Crippen LogP contribution in [0.1, 0.15) is 22.3 Å². The van der Waals surface area contributed by atoms with E-state index in [-0.39, 0.29) is 11.7 Å². The number of carbonyl (C=O) groups excluding carboxylic acids is 1. The van der Waals surface area contributed by atoms with E-state index in [0.29, 0.717) is 44.7 Å². The zero-order valence-corrected chi connectivity index (χ0v) is 17.0. The number of para-hydroxylation sites is 1. The molecule has 0 atom stereocenters. The van der Waals surface area contributed by atoms with E-state index < -0.39 is 10.0 Å². The number of hydrogen-bond donors (Lipinski definition) is 1. The first-order valence-electron chi connectivity index (χ1n) is 9.59. The number of piperazine rings is 1. The molecule has 1 aliphatic rings. The van der Waals surface area contributed by atoms with E-state index in [4.69, 9.17) is 0 Å². The standard InChI is InChI=1S/C21H27N3O3S/c1-18-8-5-6-11-20(18)21(25)22-12-7-17-28(26,27)24-15-13-23(14-16-24)19-9-3-2-4-10-19/h2-6,8-11H,7,12-17H2,1H3,(H,22,25). The minimum absolute atomic E-state index is 0.0480. The van der Waals surface area contributed by atoms with E-state index in [2.05, 4.69) is 10.2 Å². The number of amides is 1. The summed E-state index contributed by atoms with van der Waals surface area (Å²) in [7, 11) is -3.30. The molecule has 0 saturated carbocycles. The van der Waals surface area contributed by atoms with Crippen molar-refractivity contribution in [3.05, 3.63) is 65.7 Å². The van der Waals surface area contributed by atoms with Crippen LogP contribution in [0.15, 0.2) is 54.6 Å². The summed E-state index contributed by atoms with van der Waals surface area (Å²) in [5, 5.41) is 2.81. The van der Waals surface area contributed by atoms with Crippen molar-refractivity contribution in [3.8, 4) is 0 Å². The van der Waals surface area contributed by atoms with Crippen LogP contribution >= 0.6 is 0 Å². The molecule has 2 aromatic carbocycles. The van der Waals surface area contributed by atoms with Crippen LogP contribution in [0.3, 0.4) is 0 Å². The smallest absolute Gasteiger partial charge is 0.251 e. The zero-order valence-electron chi connectivity index (χ0n) is 16.2. The lowest BCUT2D eigenvalue weighted by molar-refractivity contribution is 0.0953. The van der Waals surface area contributed by atoms with Gasteiger partial charge in [-0.3, -0.25) is 4.79 Å². The summed E-state index contributed by atoms with van der Waals surface area (Å²) < 4.78 is 26.7. The average Bonchev–Trinajstić information content (AvgIpc) is 2.72. The van der Waals surface area contributed by atoms with E-state index >= 15 is 0 Å². The van der Waals surface area contributed by atoms with Gasteiger partial charge in [0.05, 0.1) is 5.75 Å². The Balaban J connectivity index is 1.43. The molecule has 0 spiro atoms. The first-order chi connectivity index (χ1) is 13.5. The van der Waals surface area contributed by atoms with Gasteiger partial charge in [-0.05, 0) is 37.1 Å². The van der Waals surface area contributed by atoms with Gasteiger partial charge in [0.25, 0.3) is 5.91 Å². The third-order valence-electron chi connectivity index (χ3n) is 5.01. The second-order valence-corrected chi connectivity index (χ2v) is 9.05. The second-order valence-electron chi connectivity index (χ2n) is 6.96. The lowest BCUT2D eigenvalue weighted by Gasteiger charge is -2.35. The molecule has 1 N–H and O–H groups in total. The van der Waals surface area contributed by atoms with Crippen LogP contribution in [0.5, 0.6) is 0 Å². The summed E-state index contributed by atoms with van der Waals surface area (Å²) in [6.45, 7) is 4.59. The minimum atomic E-state index is -3.30. The Bertz CT molecular complexity index is 892. The normalized spacial score (nSPS) is 15.4. The largest absolute Gasteiger partial charge is 0.369 e. The van der Waals surface area contributed by atoms with Crippen molar-refractivity contribution in [2.75, 3.05) is 43.4 Å². The molecule has 1 aliphatic heterocycles. The van der Waals surface area contributed by atoms with Crippen LogP contribution in [-0.2, 0) is 10.0 Å². The fourth-order valence-electron chi connectivity index (χ4n) is 3.37. The van der Waals surface area contributed by atoms with E-state index in [1.54, 1.807) is 10.4 Å². The highest BCUT2D eigenvalue weighted by Gasteiger charge is 2.26. The number of carbonyl (C=O) groups is 1. The summed E-state index contributed by atoms with van der Waals surface area (Å²) >= 11 is 0. The van der Waals surface area contributed by atoms with Gasteiger partial charge in [-0.2, -0.15) is 4.31 Å². The summed E-state index contributed by atoms with van der Waals surface area (Å²) in [4.78, 5) is 14.4. The maximum absolute atomic E-state index is 12.6. The number of anilines is 1. The maximum atomic E-state index is 12.6. The van der Waals surface area contributed by atoms with Crippen molar-refractivity contribution in [3.63, 3.8) is 0 Å². The molecule has 1 saturated heterocycles. The lowest BCUT2D eigenvalue weighted by Crippen LogP contribution is -2.49. The SMILES string of the molecule is Cc1ccccc1C(=O)NCCCS(=O)(=O)N1CCN(c2ccccc2)CC1. The van der Waals surface area contributed by atoms with Gasteiger partial charge in [-0.25, -0.2) is 8.42 Å². The van der Waals surface area contributed by atoms with E-state index in [1.807, 2.05) is 55.5 Å². The number of nitrogens with zero attached hydrogens (tertiary/aromatic N) is 2. The molecule has 0 aliphatic carbocycles. The van der Waals surface area contributed by atoms with Crippen LogP contribution in [-0.4, -0.2) is 57.1 Å². The Morgan fingerprint density at radius 1 is 0.964 bits per heavy atom. The Hall–Kier alpha value is -2.38. The molecular formula is C21H27N3O3S. The second kappa shape index (κ2) is 9.21. The summed E-state index contributed by atoms with van der Waals surface area (Å²) in [5.41, 5.74) is 2.66. The van der Waals surface area contributed by atoms with Gasteiger partial charge < -0.3 is 10.2 Å². The molecule has 0 unspecified atom stereocenters. The van der Waals surface area contributed by atoms with Crippen molar-refractivity contribution < 1.29 is 13.2 Å². The van der Waals surface area contributed by atoms with Gasteiger partial charge in [-0.15, -0.1) is 0 Å². The molecule has 0 bridgehead atoms. The number of nitrogens with one attached hydrogen (secondary N) is 1. The summed E-state index contributed by atoms with van der Waals surface area (Å²) in [6, 6.07) is 17.4. The van der Waals surface area contributed by atoms with Gasteiger partial charge >= 0.3 is 0 Å². The summed E-state index contributed by atoms with van der Waals surface area (Å²) in [5.74, 6) is -0.112. The number of hydrogen-bond acceptors (Lipinski definition) is 4. The molecule has 28 heavy (non-hydrogen) atoms. The minimum Gasteiger partial charge on any atom is -0.369 e. The van der Waals surface area contributed by atoms with Gasteiger partial charge in [0.1, 0.15) is 0 Å². The van der Waals surface area contributed by atoms with Crippen LogP contribution in [0, 0.1) is 6.92 Å². The maximum Gasteiger partial charge on any atom is 0.251 e. The Kier molecular flexibility index (Phi) is 6.70. The molecule has 6 nitrogen and oxygen atoms in total. The van der Waals surface area contributed by atoms with E-state index in [1.165, 1.54) is 0 Å². The molecule has 150 valence electrons. The fourth-order valence-corrected chi connectivity index (χ4v) is 4.86.